The van der Waals surface area contributed by atoms with Crippen LogP contribution in [0.5, 0.6) is 34.5 Å². The molecule has 0 saturated carbocycles. The molecule has 0 fully saturated rings. The Morgan fingerprint density at radius 3 is 1.51 bits per heavy atom. The monoisotopic (exact) mass is 639 g/mol. The van der Waals surface area contributed by atoms with Gasteiger partial charge in [0.25, 0.3) is 10.1 Å². The van der Waals surface area contributed by atoms with Gasteiger partial charge in [-0.25, -0.2) is 9.97 Å². The van der Waals surface area contributed by atoms with Crippen LogP contribution in [0.3, 0.4) is 0 Å². The molecule has 1 heterocycles. The van der Waals surface area contributed by atoms with Gasteiger partial charge in [0.05, 0.1) is 27.6 Å². The average Bonchev–Trinajstić information content (AvgIpc) is 3.05. The van der Waals surface area contributed by atoms with Crippen molar-refractivity contribution < 1.29 is 41.0 Å². The highest BCUT2D eigenvalue weighted by molar-refractivity contribution is 7.86. The number of nitrogens with zero attached hydrogens (tertiary/aromatic N) is 3. The Hall–Kier alpha value is -4.75. The molecule has 0 unspecified atom stereocenters. The quantitative estimate of drug-likeness (QED) is 0.160. The molecule has 0 aliphatic carbocycles. The smallest absolute Gasteiger partial charge is 0.264 e. The first-order valence-electron chi connectivity index (χ1n) is 13.8. The molecule has 12 nitrogen and oxygen atoms in total. The lowest BCUT2D eigenvalue weighted by atomic mass is 10.0. The molecule has 0 saturated heterocycles. The summed E-state index contributed by atoms with van der Waals surface area (Å²) in [5, 5.41) is 0. The fourth-order valence-corrected chi connectivity index (χ4v) is 4.85. The molecule has 3 atom stereocenters. The van der Waals surface area contributed by atoms with Crippen LogP contribution >= 0.6 is 0 Å². The van der Waals surface area contributed by atoms with Crippen LogP contribution in [0.25, 0.3) is 0 Å². The van der Waals surface area contributed by atoms with E-state index in [0.29, 0.717) is 46.0 Å². The summed E-state index contributed by atoms with van der Waals surface area (Å²) in [7, 11) is 4.32. The second-order valence-corrected chi connectivity index (χ2v) is 11.6. The molecule has 0 aliphatic rings. The molecule has 0 amide bonds. The molecule has 45 heavy (non-hydrogen) atoms. The van der Waals surface area contributed by atoms with E-state index in [9.17, 15) is 8.42 Å². The van der Waals surface area contributed by atoms with Crippen molar-refractivity contribution in [3.05, 3.63) is 90.8 Å². The Morgan fingerprint density at radius 2 is 1.09 bits per heavy atom. The molecular formula is C32H37N3O9S. The van der Waals surface area contributed by atoms with Crippen LogP contribution < -0.4 is 33.3 Å². The fourth-order valence-electron chi connectivity index (χ4n) is 4.23. The van der Waals surface area contributed by atoms with Crippen molar-refractivity contribution in [1.29, 1.82) is 0 Å². The number of hydrogen-bond donors (Lipinski definition) is 0. The normalized spacial score (nSPS) is 13.2. The topological polar surface area (TPSA) is 128 Å². The van der Waals surface area contributed by atoms with Crippen LogP contribution in [0.4, 0.5) is 5.95 Å². The Balaban J connectivity index is 1.80. The molecule has 0 spiro atoms. The van der Waals surface area contributed by atoms with Crippen LogP contribution in [0.1, 0.15) is 11.7 Å². The summed E-state index contributed by atoms with van der Waals surface area (Å²) in [5.74, 6) is 3.69. The second kappa shape index (κ2) is 15.3. The Kier molecular flexibility index (Phi) is 11.3. The molecule has 4 aromatic rings. The van der Waals surface area contributed by atoms with E-state index >= 15 is 0 Å². The summed E-state index contributed by atoms with van der Waals surface area (Å²) in [6, 6.07) is 20.7. The van der Waals surface area contributed by atoms with E-state index in [4.69, 9.17) is 32.6 Å². The number of aromatic nitrogens is 2. The van der Waals surface area contributed by atoms with Crippen molar-refractivity contribution in [3.8, 4) is 34.5 Å². The minimum Gasteiger partial charge on any atom is -0.497 e. The van der Waals surface area contributed by atoms with Gasteiger partial charge in [0, 0.05) is 32.1 Å². The maximum absolute atomic E-state index is 12.6. The molecule has 0 N–H and O–H groups in total. The highest BCUT2D eigenvalue weighted by Gasteiger charge is 2.39. The van der Waals surface area contributed by atoms with Gasteiger partial charge < -0.3 is 33.3 Å². The van der Waals surface area contributed by atoms with Gasteiger partial charge in [-0.15, -0.1) is 0 Å². The molecular weight excluding hydrogens is 602 g/mol. The molecule has 13 heteroatoms. The molecule has 0 bridgehead atoms. The number of hydrogen-bond acceptors (Lipinski definition) is 12. The SMILES string of the molecule is COc1ccc(OC[C@@H](OS(C)(=O)=O)[C@@H](Oc2ccc(OC)cc2)[C@H](Oc2ccc(OC)cc2)c2cnc(N(C)C)nc2)cc1. The van der Waals surface area contributed by atoms with Gasteiger partial charge in [-0.2, -0.15) is 8.42 Å². The van der Waals surface area contributed by atoms with Crippen LogP contribution in [-0.4, -0.2) is 78.9 Å². The zero-order valence-corrected chi connectivity index (χ0v) is 26.8. The molecule has 0 radical (unpaired) electrons. The zero-order chi connectivity index (χ0) is 32.4. The number of anilines is 1. The third kappa shape index (κ3) is 9.62. The van der Waals surface area contributed by atoms with Crippen molar-refractivity contribution in [2.75, 3.05) is 53.2 Å². The van der Waals surface area contributed by atoms with E-state index in [1.807, 2.05) is 14.1 Å². The molecule has 4 rings (SSSR count). The fraction of sp³-hybridized carbons (Fsp3) is 0.312. The molecule has 1 aromatic heterocycles. The van der Waals surface area contributed by atoms with E-state index in [1.165, 1.54) is 0 Å². The number of methoxy groups -OCH3 is 3. The third-order valence-corrected chi connectivity index (χ3v) is 7.07. The minimum atomic E-state index is -4.01. The Morgan fingerprint density at radius 1 is 0.667 bits per heavy atom. The third-order valence-electron chi connectivity index (χ3n) is 6.48. The molecule has 3 aromatic carbocycles. The van der Waals surface area contributed by atoms with Crippen molar-refractivity contribution in [1.82, 2.24) is 9.97 Å². The van der Waals surface area contributed by atoms with Crippen molar-refractivity contribution in [2.24, 2.45) is 0 Å². The van der Waals surface area contributed by atoms with Crippen LogP contribution in [0.15, 0.2) is 85.2 Å². The van der Waals surface area contributed by atoms with Crippen molar-refractivity contribution in [2.45, 2.75) is 18.3 Å². The highest BCUT2D eigenvalue weighted by atomic mass is 32.2. The van der Waals surface area contributed by atoms with Crippen LogP contribution in [0.2, 0.25) is 0 Å². The summed E-state index contributed by atoms with van der Waals surface area (Å²) in [6.45, 7) is -0.223. The minimum absolute atomic E-state index is 0.223. The highest BCUT2D eigenvalue weighted by Crippen LogP contribution is 2.33. The van der Waals surface area contributed by atoms with Crippen molar-refractivity contribution in [3.63, 3.8) is 0 Å². The van der Waals surface area contributed by atoms with Gasteiger partial charge in [0.15, 0.2) is 18.3 Å². The van der Waals surface area contributed by atoms with E-state index in [1.54, 1.807) is 111 Å². The Labute approximate surface area is 263 Å². The van der Waals surface area contributed by atoms with Gasteiger partial charge in [-0.1, -0.05) is 0 Å². The Bertz CT molecular complexity index is 1580. The van der Waals surface area contributed by atoms with Crippen LogP contribution in [0, 0.1) is 0 Å². The molecule has 240 valence electrons. The maximum Gasteiger partial charge on any atom is 0.264 e. The van der Waals surface area contributed by atoms with Crippen molar-refractivity contribution >= 4 is 16.1 Å². The summed E-state index contributed by atoms with van der Waals surface area (Å²) in [6.07, 6.45) is 0.864. The van der Waals surface area contributed by atoms with E-state index in [0.717, 1.165) is 6.26 Å². The zero-order valence-electron chi connectivity index (χ0n) is 25.9. The number of benzene rings is 3. The van der Waals surface area contributed by atoms with Gasteiger partial charge in [0.1, 0.15) is 41.1 Å². The van der Waals surface area contributed by atoms with Gasteiger partial charge in [0.2, 0.25) is 5.95 Å². The standard InChI is InChI=1S/C32H37N3O9S/c1-35(2)32-33-19-22(20-34-32)30(42-27-15-9-24(39-4)10-16-27)31(43-28-17-11-25(40-5)12-18-28)29(44-45(6,36)37)21-41-26-13-7-23(38-3)8-14-26/h7-20,29-31H,21H2,1-6H3/t29-,30-,31-/m1/s1. The van der Waals surface area contributed by atoms with Gasteiger partial charge in [-0.05, 0) is 72.8 Å². The number of rotatable bonds is 16. The summed E-state index contributed by atoms with van der Waals surface area (Å²) >= 11 is 0. The van der Waals surface area contributed by atoms with Gasteiger partial charge in [-0.3, -0.25) is 4.18 Å². The van der Waals surface area contributed by atoms with Crippen LogP contribution in [-0.2, 0) is 14.3 Å². The molecule has 0 aliphatic heterocycles. The van der Waals surface area contributed by atoms with E-state index < -0.39 is 28.4 Å². The van der Waals surface area contributed by atoms with E-state index in [-0.39, 0.29) is 6.61 Å². The summed E-state index contributed by atoms with van der Waals surface area (Å²) < 4.78 is 65.8. The lowest BCUT2D eigenvalue weighted by Crippen LogP contribution is -2.45. The predicted octanol–water partition coefficient (Wildman–Crippen LogP) is 4.56. The first-order valence-corrected chi connectivity index (χ1v) is 15.7. The predicted molar refractivity (Wildman–Crippen MR) is 168 cm³/mol. The summed E-state index contributed by atoms with van der Waals surface area (Å²) in [4.78, 5) is 10.7. The van der Waals surface area contributed by atoms with E-state index in [2.05, 4.69) is 9.97 Å². The maximum atomic E-state index is 12.6. The van der Waals surface area contributed by atoms with Gasteiger partial charge >= 0.3 is 0 Å². The largest absolute Gasteiger partial charge is 0.497 e. The first kappa shape index (κ1) is 33.1. The lowest BCUT2D eigenvalue weighted by Gasteiger charge is -2.33. The first-order chi connectivity index (χ1) is 21.6. The average molecular weight is 640 g/mol. The number of ether oxygens (including phenoxy) is 6. The summed E-state index contributed by atoms with van der Waals surface area (Å²) in [5.41, 5.74) is 0.501. The second-order valence-electron chi connectivity index (χ2n) is 10.0. The lowest BCUT2D eigenvalue weighted by molar-refractivity contribution is -0.0372.